The predicted molar refractivity (Wildman–Crippen MR) is 78.2 cm³/mol. The highest BCUT2D eigenvalue weighted by molar-refractivity contribution is 8.00. The van der Waals surface area contributed by atoms with Crippen molar-refractivity contribution in [3.05, 3.63) is 48.0 Å². The maximum Gasteiger partial charge on any atom is 0.210 e. The van der Waals surface area contributed by atoms with Gasteiger partial charge in [0.15, 0.2) is 0 Å². The minimum Gasteiger partial charge on any atom is -0.217 e. The first-order valence-electron chi connectivity index (χ1n) is 6.22. The molecule has 1 aromatic carbocycles. The number of nitriles is 1. The normalized spacial score (nSPS) is 11.8. The van der Waals surface area contributed by atoms with Crippen molar-refractivity contribution in [2.24, 2.45) is 0 Å². The molecular formula is C14H15N5S. The number of hydrogen-bond acceptors (Lipinski definition) is 5. The lowest BCUT2D eigenvalue weighted by Crippen LogP contribution is -2.07. The van der Waals surface area contributed by atoms with E-state index in [0.29, 0.717) is 18.1 Å². The summed E-state index contributed by atoms with van der Waals surface area (Å²) in [5, 5.41) is 21.2. The summed E-state index contributed by atoms with van der Waals surface area (Å²) < 4.78 is 1.64. The summed E-state index contributed by atoms with van der Waals surface area (Å²) in [7, 11) is 0. The molecule has 5 nitrogen and oxygen atoms in total. The first-order valence-corrected chi connectivity index (χ1v) is 7.09. The lowest BCUT2D eigenvalue weighted by atomic mass is 10.1. The molecule has 1 aromatic heterocycles. The van der Waals surface area contributed by atoms with E-state index in [9.17, 15) is 5.26 Å². The Balaban J connectivity index is 2.05. The molecule has 2 aromatic rings. The van der Waals surface area contributed by atoms with Crippen LogP contribution in [0.1, 0.15) is 11.1 Å². The quantitative estimate of drug-likeness (QED) is 0.602. The van der Waals surface area contributed by atoms with Crippen molar-refractivity contribution < 1.29 is 0 Å². The number of hydrogen-bond donors (Lipinski definition) is 0. The predicted octanol–water partition coefficient (Wildman–Crippen LogP) is 2.39. The molecule has 0 aliphatic heterocycles. The van der Waals surface area contributed by atoms with Crippen LogP contribution in [0, 0.1) is 18.3 Å². The van der Waals surface area contributed by atoms with Crippen molar-refractivity contribution in [1.29, 1.82) is 5.26 Å². The zero-order chi connectivity index (χ0) is 14.4. The molecule has 1 heterocycles. The molecule has 6 heteroatoms. The van der Waals surface area contributed by atoms with E-state index in [2.05, 4.69) is 40.3 Å². The monoisotopic (exact) mass is 285 g/mol. The van der Waals surface area contributed by atoms with E-state index in [1.807, 2.05) is 19.1 Å². The number of allylic oxidation sites excluding steroid dienone is 1. The topological polar surface area (TPSA) is 67.4 Å². The summed E-state index contributed by atoms with van der Waals surface area (Å²) in [6, 6.07) is 10.5. The summed E-state index contributed by atoms with van der Waals surface area (Å²) in [5.74, 6) is 0. The fraction of sp³-hybridized carbons (Fsp3) is 0.286. The van der Waals surface area contributed by atoms with Crippen molar-refractivity contribution >= 4 is 11.8 Å². The molecule has 0 aliphatic carbocycles. The fourth-order valence-electron chi connectivity index (χ4n) is 1.70. The van der Waals surface area contributed by atoms with Gasteiger partial charge in [-0.15, -0.1) is 11.7 Å². The molecule has 0 bridgehead atoms. The van der Waals surface area contributed by atoms with Gasteiger partial charge in [0.25, 0.3) is 0 Å². The Morgan fingerprint density at radius 1 is 1.45 bits per heavy atom. The molecule has 1 unspecified atom stereocenters. The lowest BCUT2D eigenvalue weighted by Gasteiger charge is -2.08. The van der Waals surface area contributed by atoms with Gasteiger partial charge in [0.2, 0.25) is 5.16 Å². The second kappa shape index (κ2) is 6.87. The number of benzene rings is 1. The second-order valence-corrected chi connectivity index (χ2v) is 5.53. The Hall–Kier alpha value is -2.13. The maximum atomic E-state index is 9.29. The SMILES string of the molecule is C=CCn1nnnc1SC(C#N)Cc1ccc(C)cc1. The van der Waals surface area contributed by atoms with Crippen molar-refractivity contribution in [2.75, 3.05) is 0 Å². The molecular weight excluding hydrogens is 270 g/mol. The molecule has 0 saturated carbocycles. The maximum absolute atomic E-state index is 9.29. The summed E-state index contributed by atoms with van der Waals surface area (Å²) in [4.78, 5) is 0. The third-order valence-electron chi connectivity index (χ3n) is 2.73. The molecule has 0 saturated heterocycles. The highest BCUT2D eigenvalue weighted by Crippen LogP contribution is 2.23. The molecule has 0 radical (unpaired) electrons. The Morgan fingerprint density at radius 3 is 2.85 bits per heavy atom. The number of aryl methyl sites for hydroxylation is 1. The van der Waals surface area contributed by atoms with Crippen molar-refractivity contribution in [3.8, 4) is 6.07 Å². The van der Waals surface area contributed by atoms with Crippen LogP contribution in [0.2, 0.25) is 0 Å². The molecule has 0 aliphatic rings. The van der Waals surface area contributed by atoms with Gasteiger partial charge in [-0.3, -0.25) is 0 Å². The van der Waals surface area contributed by atoms with Crippen LogP contribution in [0.15, 0.2) is 42.1 Å². The Labute approximate surface area is 122 Å². The molecule has 0 amide bonds. The van der Waals surface area contributed by atoms with E-state index in [1.165, 1.54) is 17.3 Å². The first kappa shape index (κ1) is 14.3. The Morgan fingerprint density at radius 2 is 2.20 bits per heavy atom. The zero-order valence-electron chi connectivity index (χ0n) is 11.2. The number of nitrogens with zero attached hydrogens (tertiary/aromatic N) is 5. The summed E-state index contributed by atoms with van der Waals surface area (Å²) in [6.07, 6.45) is 2.39. The third kappa shape index (κ3) is 3.68. The molecule has 1 atom stereocenters. The van der Waals surface area contributed by atoms with Crippen LogP contribution in [-0.4, -0.2) is 25.5 Å². The van der Waals surface area contributed by atoms with E-state index in [-0.39, 0.29) is 5.25 Å². The van der Waals surface area contributed by atoms with E-state index in [4.69, 9.17) is 0 Å². The Bertz CT molecular complexity index is 611. The standard InChI is InChI=1S/C14H15N5S/c1-3-8-19-14(16-17-18-19)20-13(10-15)9-12-6-4-11(2)5-7-12/h3-7,13H,1,8-9H2,2H3. The number of tetrazole rings is 1. The van der Waals surface area contributed by atoms with Crippen molar-refractivity contribution in [1.82, 2.24) is 20.2 Å². The summed E-state index contributed by atoms with van der Waals surface area (Å²) in [6.45, 7) is 6.25. The minimum atomic E-state index is -0.215. The molecule has 2 rings (SSSR count). The van der Waals surface area contributed by atoms with Gasteiger partial charge >= 0.3 is 0 Å². The molecule has 0 spiro atoms. The van der Waals surface area contributed by atoms with Gasteiger partial charge in [0.1, 0.15) is 5.25 Å². The average Bonchev–Trinajstić information content (AvgIpc) is 2.88. The minimum absolute atomic E-state index is 0.215. The highest BCUT2D eigenvalue weighted by atomic mass is 32.2. The molecule has 102 valence electrons. The molecule has 0 N–H and O–H groups in total. The first-order chi connectivity index (χ1) is 9.72. The third-order valence-corrected chi connectivity index (χ3v) is 3.79. The van der Waals surface area contributed by atoms with Gasteiger partial charge in [-0.05, 0) is 29.3 Å². The van der Waals surface area contributed by atoms with Crippen LogP contribution in [0.3, 0.4) is 0 Å². The van der Waals surface area contributed by atoms with E-state index in [0.717, 1.165) is 5.56 Å². The molecule has 0 fully saturated rings. The molecule has 20 heavy (non-hydrogen) atoms. The van der Waals surface area contributed by atoms with Crippen LogP contribution in [0.25, 0.3) is 0 Å². The Kier molecular flexibility index (Phi) is 4.91. The van der Waals surface area contributed by atoms with Gasteiger partial charge in [-0.25, -0.2) is 4.68 Å². The highest BCUT2D eigenvalue weighted by Gasteiger charge is 2.15. The van der Waals surface area contributed by atoms with Crippen LogP contribution < -0.4 is 0 Å². The number of thioether (sulfide) groups is 1. The van der Waals surface area contributed by atoms with Gasteiger partial charge in [-0.2, -0.15) is 5.26 Å². The van der Waals surface area contributed by atoms with Crippen LogP contribution in [0.5, 0.6) is 0 Å². The van der Waals surface area contributed by atoms with Gasteiger partial charge in [0.05, 0.1) is 12.6 Å². The van der Waals surface area contributed by atoms with Crippen LogP contribution in [-0.2, 0) is 13.0 Å². The summed E-state index contributed by atoms with van der Waals surface area (Å²) in [5.41, 5.74) is 2.35. The van der Waals surface area contributed by atoms with Crippen LogP contribution >= 0.6 is 11.8 Å². The second-order valence-electron chi connectivity index (χ2n) is 4.36. The fourth-order valence-corrected chi connectivity index (χ4v) is 2.60. The zero-order valence-corrected chi connectivity index (χ0v) is 12.0. The summed E-state index contributed by atoms with van der Waals surface area (Å²) >= 11 is 1.38. The van der Waals surface area contributed by atoms with Crippen molar-refractivity contribution in [3.63, 3.8) is 0 Å². The van der Waals surface area contributed by atoms with Gasteiger partial charge in [0, 0.05) is 0 Å². The van der Waals surface area contributed by atoms with Crippen LogP contribution in [0.4, 0.5) is 0 Å². The van der Waals surface area contributed by atoms with E-state index >= 15 is 0 Å². The number of rotatable bonds is 6. The largest absolute Gasteiger partial charge is 0.217 e. The van der Waals surface area contributed by atoms with Gasteiger partial charge in [-0.1, -0.05) is 47.7 Å². The van der Waals surface area contributed by atoms with Crippen molar-refractivity contribution in [2.45, 2.75) is 30.3 Å². The average molecular weight is 285 g/mol. The van der Waals surface area contributed by atoms with Gasteiger partial charge < -0.3 is 0 Å². The smallest absolute Gasteiger partial charge is 0.210 e. The number of aromatic nitrogens is 4. The van der Waals surface area contributed by atoms with E-state index < -0.39 is 0 Å². The van der Waals surface area contributed by atoms with E-state index in [1.54, 1.807) is 10.8 Å². The lowest BCUT2D eigenvalue weighted by molar-refractivity contribution is 0.614.